The van der Waals surface area contributed by atoms with Gasteiger partial charge in [-0.3, -0.25) is 4.79 Å². The van der Waals surface area contributed by atoms with Crippen molar-refractivity contribution in [3.8, 4) is 5.75 Å². The van der Waals surface area contributed by atoms with E-state index in [1.54, 1.807) is 0 Å². The number of amides is 1. The first-order valence-electron chi connectivity index (χ1n) is 9.14. The van der Waals surface area contributed by atoms with Gasteiger partial charge in [0.25, 0.3) is 5.91 Å². The minimum absolute atomic E-state index is 0.0274. The van der Waals surface area contributed by atoms with Crippen LogP contribution in [0.3, 0.4) is 0 Å². The summed E-state index contributed by atoms with van der Waals surface area (Å²) in [7, 11) is 0. The quantitative estimate of drug-likeness (QED) is 0.251. The van der Waals surface area contributed by atoms with Gasteiger partial charge in [0.1, 0.15) is 27.9 Å². The van der Waals surface area contributed by atoms with Gasteiger partial charge in [0.15, 0.2) is 0 Å². The molecule has 1 amide bonds. The monoisotopic (exact) mass is 541 g/mol. The van der Waals surface area contributed by atoms with Crippen molar-refractivity contribution in [3.63, 3.8) is 0 Å². The lowest BCUT2D eigenvalue weighted by Gasteiger charge is -2.30. The molecule has 0 heterocycles. The van der Waals surface area contributed by atoms with Crippen LogP contribution in [0.2, 0.25) is 0 Å². The van der Waals surface area contributed by atoms with Crippen molar-refractivity contribution >= 4 is 52.1 Å². The molecule has 184 valence electrons. The first-order valence-corrected chi connectivity index (χ1v) is 10.8. The lowest BCUT2D eigenvalue weighted by molar-refractivity contribution is -0.139. The Morgan fingerprint density at radius 2 is 1.56 bits per heavy atom. The molecule has 0 aromatic heterocycles. The number of hydrogen-bond donors (Lipinski definition) is 3. The molecular weight excluding hydrogens is 524 g/mol. The van der Waals surface area contributed by atoms with Gasteiger partial charge < -0.3 is 21.5 Å². The summed E-state index contributed by atoms with van der Waals surface area (Å²) in [6, 6.07) is 7.34. The lowest BCUT2D eigenvalue weighted by atomic mass is 10.0. The molecule has 5 N–H and O–H groups in total. The van der Waals surface area contributed by atoms with E-state index in [2.05, 4.69) is 5.32 Å². The number of nitrogens with two attached hydrogens (primary N) is 2. The molecular formula is C20H17F6N3O2S3. The second kappa shape index (κ2) is 10.4. The van der Waals surface area contributed by atoms with Crippen molar-refractivity contribution in [1.29, 1.82) is 0 Å². The molecule has 0 bridgehead atoms. The number of halogens is 6. The van der Waals surface area contributed by atoms with Crippen molar-refractivity contribution in [3.05, 3.63) is 59.2 Å². The molecule has 0 saturated carbocycles. The zero-order chi connectivity index (χ0) is 25.9. The number of carbonyl (C=O) groups excluding carboxylic acids is 1. The molecule has 0 saturated heterocycles. The van der Waals surface area contributed by atoms with E-state index in [1.807, 2.05) is 0 Å². The normalized spacial score (nSPS) is 13.6. The Balaban J connectivity index is 2.24. The van der Waals surface area contributed by atoms with Gasteiger partial charge in [-0.05, 0) is 55.1 Å². The summed E-state index contributed by atoms with van der Waals surface area (Å²) in [5.41, 5.74) is 4.05. The highest BCUT2D eigenvalue weighted by molar-refractivity contribution is 8.00. The molecule has 0 aliphatic rings. The molecule has 2 aromatic carbocycles. The van der Waals surface area contributed by atoms with Crippen LogP contribution in [0.25, 0.3) is 0 Å². The molecule has 0 aliphatic heterocycles. The number of rotatable bonds is 8. The molecule has 0 spiro atoms. The van der Waals surface area contributed by atoms with Crippen LogP contribution in [0, 0.1) is 0 Å². The average molecular weight is 542 g/mol. The summed E-state index contributed by atoms with van der Waals surface area (Å²) < 4.78 is 82.9. The maximum absolute atomic E-state index is 13.4. The molecule has 14 heteroatoms. The van der Waals surface area contributed by atoms with E-state index >= 15 is 0 Å². The molecule has 0 radical (unpaired) electrons. The number of thioether (sulfide) groups is 1. The average Bonchev–Trinajstić information content (AvgIpc) is 2.70. The first kappa shape index (κ1) is 27.7. The molecule has 2 aromatic rings. The topological polar surface area (TPSA) is 90.4 Å². The Hall–Kier alpha value is -2.58. The molecule has 5 nitrogen and oxygen atoms in total. The van der Waals surface area contributed by atoms with E-state index in [0.717, 1.165) is 42.5 Å². The SMILES string of the molecule is CC(COc1cc(C(N)=S)ccc1C(F)(F)F)(NC(=O)c1ccc(SC(F)(F)F)cc1)C(N)=S. The number of benzene rings is 2. The van der Waals surface area contributed by atoms with E-state index in [4.69, 9.17) is 40.6 Å². The van der Waals surface area contributed by atoms with Crippen LogP contribution < -0.4 is 21.5 Å². The fourth-order valence-corrected chi connectivity index (χ4v) is 3.33. The third-order valence-corrected chi connectivity index (χ3v) is 5.80. The minimum atomic E-state index is -4.76. The zero-order valence-corrected chi connectivity index (χ0v) is 19.7. The molecule has 0 aliphatic carbocycles. The van der Waals surface area contributed by atoms with Gasteiger partial charge in [0, 0.05) is 16.0 Å². The van der Waals surface area contributed by atoms with Crippen molar-refractivity contribution < 1.29 is 35.9 Å². The number of carbonyl (C=O) groups is 1. The number of hydrogen-bond acceptors (Lipinski definition) is 5. The van der Waals surface area contributed by atoms with Crippen LogP contribution in [0.5, 0.6) is 5.75 Å². The Morgan fingerprint density at radius 1 is 1.00 bits per heavy atom. The van der Waals surface area contributed by atoms with Crippen molar-refractivity contribution in [2.24, 2.45) is 11.5 Å². The van der Waals surface area contributed by atoms with Gasteiger partial charge in [0.2, 0.25) is 0 Å². The van der Waals surface area contributed by atoms with Gasteiger partial charge in [-0.25, -0.2) is 0 Å². The number of ether oxygens (including phenoxy) is 1. The first-order chi connectivity index (χ1) is 15.5. The predicted molar refractivity (Wildman–Crippen MR) is 124 cm³/mol. The van der Waals surface area contributed by atoms with E-state index < -0.39 is 41.1 Å². The maximum Gasteiger partial charge on any atom is 0.446 e. The van der Waals surface area contributed by atoms with Gasteiger partial charge >= 0.3 is 11.7 Å². The Labute approximate surface area is 205 Å². The standard InChI is InChI=1S/C20H17F6N3O2S3/c1-18(17(28)33,29-16(30)10-2-5-12(6-3-10)34-20(24,25)26)9-31-14-8-11(15(27)32)4-7-13(14)19(21,22)23/h2-8H,9H2,1H3,(H2,27,32)(H2,28,33)(H,29,30). The summed E-state index contributed by atoms with van der Waals surface area (Å²) in [5.74, 6) is -1.39. The molecule has 1 atom stereocenters. The van der Waals surface area contributed by atoms with E-state index in [-0.39, 0.29) is 37.8 Å². The molecule has 34 heavy (non-hydrogen) atoms. The lowest BCUT2D eigenvalue weighted by Crippen LogP contribution is -2.58. The van der Waals surface area contributed by atoms with Gasteiger partial charge in [-0.2, -0.15) is 26.3 Å². The van der Waals surface area contributed by atoms with Gasteiger partial charge in [0.05, 0.1) is 5.56 Å². The van der Waals surface area contributed by atoms with E-state index in [9.17, 15) is 31.1 Å². The second-order valence-electron chi connectivity index (χ2n) is 7.08. The van der Waals surface area contributed by atoms with Crippen LogP contribution in [0.1, 0.15) is 28.4 Å². The highest BCUT2D eigenvalue weighted by atomic mass is 32.2. The van der Waals surface area contributed by atoms with Crippen molar-refractivity contribution in [2.75, 3.05) is 6.61 Å². The highest BCUT2D eigenvalue weighted by Gasteiger charge is 2.37. The number of nitrogens with one attached hydrogen (secondary N) is 1. The van der Waals surface area contributed by atoms with Gasteiger partial charge in [-0.1, -0.05) is 30.5 Å². The van der Waals surface area contributed by atoms with Crippen LogP contribution in [0.15, 0.2) is 47.4 Å². The van der Waals surface area contributed by atoms with Crippen LogP contribution in [-0.2, 0) is 6.18 Å². The second-order valence-corrected chi connectivity index (χ2v) is 9.10. The summed E-state index contributed by atoms with van der Waals surface area (Å²) in [4.78, 5) is 12.0. The van der Waals surface area contributed by atoms with Gasteiger partial charge in [-0.15, -0.1) is 0 Å². The number of alkyl halides is 6. The fraction of sp³-hybridized carbons (Fsp3) is 0.250. The van der Waals surface area contributed by atoms with Crippen LogP contribution in [0.4, 0.5) is 26.3 Å². The summed E-state index contributed by atoms with van der Waals surface area (Å²) in [6.45, 7) is 0.728. The largest absolute Gasteiger partial charge is 0.490 e. The summed E-state index contributed by atoms with van der Waals surface area (Å²) in [5, 5.41) is 2.45. The molecule has 0 fully saturated rings. The third kappa shape index (κ3) is 7.46. The Kier molecular flexibility index (Phi) is 8.43. The minimum Gasteiger partial charge on any atom is -0.490 e. The third-order valence-electron chi connectivity index (χ3n) is 4.37. The Bertz CT molecular complexity index is 1090. The zero-order valence-electron chi connectivity index (χ0n) is 17.2. The van der Waals surface area contributed by atoms with Crippen LogP contribution >= 0.6 is 36.2 Å². The highest BCUT2D eigenvalue weighted by Crippen LogP contribution is 2.38. The van der Waals surface area contributed by atoms with Crippen molar-refractivity contribution in [2.45, 2.75) is 29.0 Å². The van der Waals surface area contributed by atoms with Crippen LogP contribution in [-0.4, -0.2) is 33.5 Å². The van der Waals surface area contributed by atoms with E-state index in [1.165, 1.54) is 6.92 Å². The number of thiocarbonyl (C=S) groups is 2. The Morgan fingerprint density at radius 3 is 2.03 bits per heavy atom. The van der Waals surface area contributed by atoms with E-state index in [0.29, 0.717) is 0 Å². The molecule has 1 unspecified atom stereocenters. The maximum atomic E-state index is 13.4. The fourth-order valence-electron chi connectivity index (χ4n) is 2.55. The summed E-state index contributed by atoms with van der Waals surface area (Å²) >= 11 is 9.40. The molecule has 2 rings (SSSR count). The smallest absolute Gasteiger partial charge is 0.446 e. The predicted octanol–water partition coefficient (Wildman–Crippen LogP) is 4.81. The summed E-state index contributed by atoms with van der Waals surface area (Å²) in [6.07, 6.45) is -4.76. The van der Waals surface area contributed by atoms with Crippen molar-refractivity contribution in [1.82, 2.24) is 5.32 Å².